The van der Waals surface area contributed by atoms with Crippen molar-refractivity contribution >= 4 is 0 Å². The van der Waals surface area contributed by atoms with Gasteiger partial charge < -0.3 is 15.6 Å². The number of hydrogen-bond acceptors (Lipinski definition) is 3. The van der Waals surface area contributed by atoms with Gasteiger partial charge in [-0.1, -0.05) is 24.3 Å². The predicted octanol–water partition coefficient (Wildman–Crippen LogP) is 1.22. The van der Waals surface area contributed by atoms with Crippen LogP contribution in [0.25, 0.3) is 0 Å². The Balaban J connectivity index is 2.71. The second kappa shape index (κ2) is 5.75. The van der Waals surface area contributed by atoms with Gasteiger partial charge in [0, 0.05) is 7.11 Å². The minimum absolute atomic E-state index is 0.461. The standard InChI is InChI=1S/C11H17NO2/c1-14-8-9-3-2-4-10(7-9)11(13)5-6-12/h2-4,7,11,13H,5-6,8,12H2,1H3/t11-/m1/s1. The van der Waals surface area contributed by atoms with Crippen LogP contribution in [0.5, 0.6) is 0 Å². The lowest BCUT2D eigenvalue weighted by Crippen LogP contribution is -2.07. The molecule has 0 amide bonds. The molecular weight excluding hydrogens is 178 g/mol. The number of hydrogen-bond donors (Lipinski definition) is 2. The monoisotopic (exact) mass is 195 g/mol. The molecule has 0 heterocycles. The average Bonchev–Trinajstić information content (AvgIpc) is 2.19. The third-order valence-electron chi connectivity index (χ3n) is 2.09. The number of rotatable bonds is 5. The van der Waals surface area contributed by atoms with Gasteiger partial charge in [-0.15, -0.1) is 0 Å². The molecular formula is C11H17NO2. The van der Waals surface area contributed by atoms with Crippen LogP contribution in [-0.2, 0) is 11.3 Å². The molecule has 1 aromatic carbocycles. The van der Waals surface area contributed by atoms with Gasteiger partial charge in [0.1, 0.15) is 0 Å². The second-order valence-electron chi connectivity index (χ2n) is 3.27. The van der Waals surface area contributed by atoms with E-state index in [1.807, 2.05) is 24.3 Å². The van der Waals surface area contributed by atoms with Gasteiger partial charge >= 0.3 is 0 Å². The maximum atomic E-state index is 9.69. The van der Waals surface area contributed by atoms with E-state index in [0.717, 1.165) is 11.1 Å². The fraction of sp³-hybridized carbons (Fsp3) is 0.455. The Kier molecular flexibility index (Phi) is 4.59. The van der Waals surface area contributed by atoms with Gasteiger partial charge in [0.2, 0.25) is 0 Å². The van der Waals surface area contributed by atoms with Crippen LogP contribution in [0.4, 0.5) is 0 Å². The summed E-state index contributed by atoms with van der Waals surface area (Å²) in [5, 5.41) is 9.69. The highest BCUT2D eigenvalue weighted by atomic mass is 16.5. The molecule has 0 saturated carbocycles. The number of ether oxygens (including phenoxy) is 1. The van der Waals surface area contributed by atoms with Crippen molar-refractivity contribution in [3.63, 3.8) is 0 Å². The Morgan fingerprint density at radius 3 is 2.93 bits per heavy atom. The Hall–Kier alpha value is -0.900. The normalized spacial score (nSPS) is 12.8. The molecule has 0 fully saturated rings. The quantitative estimate of drug-likeness (QED) is 0.742. The van der Waals surface area contributed by atoms with Crippen LogP contribution < -0.4 is 5.73 Å². The van der Waals surface area contributed by atoms with Gasteiger partial charge in [0.05, 0.1) is 12.7 Å². The zero-order valence-electron chi connectivity index (χ0n) is 8.44. The first-order chi connectivity index (χ1) is 6.77. The number of aliphatic hydroxyl groups excluding tert-OH is 1. The maximum absolute atomic E-state index is 9.69. The van der Waals surface area contributed by atoms with E-state index < -0.39 is 6.10 Å². The zero-order valence-corrected chi connectivity index (χ0v) is 8.44. The second-order valence-corrected chi connectivity index (χ2v) is 3.27. The van der Waals surface area contributed by atoms with Crippen molar-refractivity contribution in [3.8, 4) is 0 Å². The van der Waals surface area contributed by atoms with Crippen molar-refractivity contribution in [3.05, 3.63) is 35.4 Å². The van der Waals surface area contributed by atoms with E-state index in [1.165, 1.54) is 0 Å². The average molecular weight is 195 g/mol. The van der Waals surface area contributed by atoms with E-state index in [1.54, 1.807) is 7.11 Å². The molecule has 0 spiro atoms. The van der Waals surface area contributed by atoms with Crippen molar-refractivity contribution in [2.75, 3.05) is 13.7 Å². The lowest BCUT2D eigenvalue weighted by Gasteiger charge is -2.10. The first-order valence-electron chi connectivity index (χ1n) is 4.74. The summed E-state index contributed by atoms with van der Waals surface area (Å²) in [7, 11) is 1.66. The summed E-state index contributed by atoms with van der Waals surface area (Å²) in [6, 6.07) is 7.74. The summed E-state index contributed by atoms with van der Waals surface area (Å²) in [5.41, 5.74) is 7.36. The summed E-state index contributed by atoms with van der Waals surface area (Å²) in [5.74, 6) is 0. The van der Waals surface area contributed by atoms with Gasteiger partial charge in [-0.2, -0.15) is 0 Å². The summed E-state index contributed by atoms with van der Waals surface area (Å²) >= 11 is 0. The SMILES string of the molecule is COCc1cccc([C@H](O)CCN)c1. The fourth-order valence-corrected chi connectivity index (χ4v) is 1.38. The van der Waals surface area contributed by atoms with Crippen LogP contribution in [0.1, 0.15) is 23.7 Å². The van der Waals surface area contributed by atoms with Crippen LogP contribution in [0.15, 0.2) is 24.3 Å². The minimum Gasteiger partial charge on any atom is -0.388 e. The molecule has 0 saturated heterocycles. The molecule has 0 aliphatic carbocycles. The van der Waals surface area contributed by atoms with Crippen molar-refractivity contribution in [1.29, 1.82) is 0 Å². The maximum Gasteiger partial charge on any atom is 0.0802 e. The summed E-state index contributed by atoms with van der Waals surface area (Å²) < 4.78 is 5.02. The van der Waals surface area contributed by atoms with Crippen molar-refractivity contribution in [2.45, 2.75) is 19.1 Å². The predicted molar refractivity (Wildman–Crippen MR) is 55.8 cm³/mol. The number of methoxy groups -OCH3 is 1. The summed E-state index contributed by atoms with van der Waals surface area (Å²) in [6.45, 7) is 1.07. The van der Waals surface area contributed by atoms with Gasteiger partial charge in [-0.3, -0.25) is 0 Å². The molecule has 1 rings (SSSR count). The molecule has 0 bridgehead atoms. The van der Waals surface area contributed by atoms with Crippen molar-refractivity contribution in [1.82, 2.24) is 0 Å². The van der Waals surface area contributed by atoms with Gasteiger partial charge in [-0.25, -0.2) is 0 Å². The highest BCUT2D eigenvalue weighted by Crippen LogP contribution is 2.17. The van der Waals surface area contributed by atoms with Crippen LogP contribution in [0, 0.1) is 0 Å². The molecule has 14 heavy (non-hydrogen) atoms. The smallest absolute Gasteiger partial charge is 0.0802 e. The molecule has 3 N–H and O–H groups in total. The Labute approximate surface area is 84.5 Å². The molecule has 78 valence electrons. The Morgan fingerprint density at radius 1 is 1.50 bits per heavy atom. The molecule has 1 atom stereocenters. The molecule has 1 aromatic rings. The molecule has 0 unspecified atom stereocenters. The molecule has 0 radical (unpaired) electrons. The molecule has 0 aliphatic rings. The number of aliphatic hydroxyl groups is 1. The van der Waals surface area contributed by atoms with E-state index in [2.05, 4.69) is 0 Å². The van der Waals surface area contributed by atoms with Crippen LogP contribution >= 0.6 is 0 Å². The number of nitrogens with two attached hydrogens (primary N) is 1. The Bertz CT molecular complexity index is 276. The van der Waals surface area contributed by atoms with E-state index in [9.17, 15) is 5.11 Å². The van der Waals surface area contributed by atoms with E-state index in [4.69, 9.17) is 10.5 Å². The van der Waals surface area contributed by atoms with Crippen LogP contribution in [0.3, 0.4) is 0 Å². The van der Waals surface area contributed by atoms with E-state index in [0.29, 0.717) is 19.6 Å². The highest BCUT2D eigenvalue weighted by molar-refractivity contribution is 5.24. The first-order valence-corrected chi connectivity index (χ1v) is 4.74. The molecule has 3 nitrogen and oxygen atoms in total. The lowest BCUT2D eigenvalue weighted by molar-refractivity contribution is 0.168. The van der Waals surface area contributed by atoms with Crippen molar-refractivity contribution in [2.24, 2.45) is 5.73 Å². The largest absolute Gasteiger partial charge is 0.388 e. The highest BCUT2D eigenvalue weighted by Gasteiger charge is 2.06. The van der Waals surface area contributed by atoms with Crippen LogP contribution in [0.2, 0.25) is 0 Å². The minimum atomic E-state index is -0.461. The van der Waals surface area contributed by atoms with Crippen molar-refractivity contribution < 1.29 is 9.84 Å². The van der Waals surface area contributed by atoms with Crippen LogP contribution in [-0.4, -0.2) is 18.8 Å². The molecule has 0 aromatic heterocycles. The third-order valence-corrected chi connectivity index (χ3v) is 2.09. The molecule has 0 aliphatic heterocycles. The first kappa shape index (κ1) is 11.2. The lowest BCUT2D eigenvalue weighted by atomic mass is 10.0. The molecule has 3 heteroatoms. The van der Waals surface area contributed by atoms with E-state index >= 15 is 0 Å². The zero-order chi connectivity index (χ0) is 10.4. The topological polar surface area (TPSA) is 55.5 Å². The summed E-state index contributed by atoms with van der Waals surface area (Å²) in [6.07, 6.45) is 0.132. The number of benzene rings is 1. The Morgan fingerprint density at radius 2 is 2.29 bits per heavy atom. The fourth-order valence-electron chi connectivity index (χ4n) is 1.38. The van der Waals surface area contributed by atoms with Gasteiger partial charge in [0.15, 0.2) is 0 Å². The van der Waals surface area contributed by atoms with Gasteiger partial charge in [0.25, 0.3) is 0 Å². The van der Waals surface area contributed by atoms with Gasteiger partial charge in [-0.05, 0) is 24.1 Å². The van der Waals surface area contributed by atoms with E-state index in [-0.39, 0.29) is 0 Å². The summed E-state index contributed by atoms with van der Waals surface area (Å²) in [4.78, 5) is 0. The third kappa shape index (κ3) is 3.10.